The number of quaternary nitrogens is 1. The maximum atomic E-state index is 10.1. The van der Waals surface area contributed by atoms with Crippen LogP contribution >= 0.6 is 11.6 Å². The first-order valence-corrected chi connectivity index (χ1v) is 8.69. The van der Waals surface area contributed by atoms with E-state index in [4.69, 9.17) is 21.1 Å². The summed E-state index contributed by atoms with van der Waals surface area (Å²) in [5, 5.41) is 10.1. The van der Waals surface area contributed by atoms with Gasteiger partial charge in [0.2, 0.25) is 0 Å². The Morgan fingerprint density at radius 3 is 3.04 bits per heavy atom. The van der Waals surface area contributed by atoms with Crippen molar-refractivity contribution in [1.82, 2.24) is 0 Å². The number of ether oxygens (including phenoxy) is 2. The average Bonchev–Trinajstić information content (AvgIpc) is 2.81. The zero-order valence-corrected chi connectivity index (χ0v) is 14.3. The number of hydrogen-bond acceptors (Lipinski definition) is 3. The highest BCUT2D eigenvalue weighted by Crippen LogP contribution is 2.56. The van der Waals surface area contributed by atoms with Crippen LogP contribution in [0.4, 0.5) is 0 Å². The summed E-state index contributed by atoms with van der Waals surface area (Å²) < 4.78 is 12.6. The van der Waals surface area contributed by atoms with E-state index in [2.05, 4.69) is 19.2 Å². The number of aliphatic hydroxyl groups excluding tert-OH is 1. The lowest BCUT2D eigenvalue weighted by atomic mass is 9.69. The van der Waals surface area contributed by atoms with Gasteiger partial charge in [0.1, 0.15) is 12.6 Å². The van der Waals surface area contributed by atoms with E-state index in [1.54, 1.807) is 7.11 Å². The largest absolute Gasteiger partial charge is 0.493 e. The molecule has 0 saturated heterocycles. The van der Waals surface area contributed by atoms with Gasteiger partial charge in [-0.25, -0.2) is 0 Å². The summed E-state index contributed by atoms with van der Waals surface area (Å²) in [6, 6.07) is 4.73. The van der Waals surface area contributed by atoms with E-state index in [1.807, 2.05) is 12.1 Å². The molecule has 4 atom stereocenters. The standard InChI is InChI=1S/C18H23ClNO3/c1-20(11-19)8-7-18-6-5-13(21)9-15(18)23-17-14(22-2)4-3-12(10-20)16(17)18/h3-6,13,15,21H,7-11H2,1-2H3/q+1/t13-,15-,18-,20?/m0/s1. The molecule has 1 aromatic rings. The quantitative estimate of drug-likeness (QED) is 0.390. The molecule has 0 saturated carbocycles. The second-order valence-electron chi connectivity index (χ2n) is 7.31. The summed E-state index contributed by atoms with van der Waals surface area (Å²) in [7, 11) is 3.88. The summed E-state index contributed by atoms with van der Waals surface area (Å²) >= 11 is 6.28. The van der Waals surface area contributed by atoms with E-state index in [1.165, 1.54) is 11.1 Å². The van der Waals surface area contributed by atoms with Crippen LogP contribution in [0.25, 0.3) is 0 Å². The molecule has 1 unspecified atom stereocenters. The molecule has 23 heavy (non-hydrogen) atoms. The van der Waals surface area contributed by atoms with Gasteiger partial charge in [-0.05, 0) is 12.1 Å². The molecule has 2 heterocycles. The van der Waals surface area contributed by atoms with Crippen molar-refractivity contribution in [3.8, 4) is 11.5 Å². The van der Waals surface area contributed by atoms with Crippen molar-refractivity contribution >= 4 is 11.6 Å². The van der Waals surface area contributed by atoms with E-state index in [0.29, 0.717) is 12.4 Å². The van der Waals surface area contributed by atoms with Crippen molar-refractivity contribution in [3.63, 3.8) is 0 Å². The van der Waals surface area contributed by atoms with Crippen LogP contribution in [0.5, 0.6) is 11.5 Å². The Labute approximate surface area is 141 Å². The number of hydrogen-bond donors (Lipinski definition) is 1. The van der Waals surface area contributed by atoms with Crippen LogP contribution in [0.1, 0.15) is 24.0 Å². The van der Waals surface area contributed by atoms with Crippen molar-refractivity contribution in [2.75, 3.05) is 26.7 Å². The average molecular weight is 337 g/mol. The van der Waals surface area contributed by atoms with Gasteiger partial charge in [-0.1, -0.05) is 23.8 Å². The summed E-state index contributed by atoms with van der Waals surface area (Å²) in [5.41, 5.74) is 2.36. The molecule has 3 aliphatic rings. The van der Waals surface area contributed by atoms with Crippen LogP contribution in [0.3, 0.4) is 0 Å². The predicted octanol–water partition coefficient (Wildman–Crippen LogP) is 2.56. The molecule has 0 radical (unpaired) electrons. The third kappa shape index (κ3) is 2.12. The lowest BCUT2D eigenvalue weighted by Gasteiger charge is -2.36. The number of halogens is 1. The Hall–Kier alpha value is -1.23. The third-order valence-corrected chi connectivity index (χ3v) is 6.28. The predicted molar refractivity (Wildman–Crippen MR) is 88.9 cm³/mol. The summed E-state index contributed by atoms with van der Waals surface area (Å²) in [5.74, 6) is 1.64. The van der Waals surface area contributed by atoms with E-state index >= 15 is 0 Å². The van der Waals surface area contributed by atoms with Crippen LogP contribution in [-0.4, -0.2) is 48.5 Å². The minimum atomic E-state index is -0.438. The molecule has 0 bridgehead atoms. The fourth-order valence-electron chi connectivity index (χ4n) is 4.38. The van der Waals surface area contributed by atoms with Crippen molar-refractivity contribution in [2.45, 2.75) is 37.0 Å². The Morgan fingerprint density at radius 1 is 1.48 bits per heavy atom. The van der Waals surface area contributed by atoms with Crippen LogP contribution < -0.4 is 9.47 Å². The number of methoxy groups -OCH3 is 1. The molecule has 0 aromatic heterocycles. The molecular formula is C18H23ClNO3+. The third-order valence-electron chi connectivity index (χ3n) is 5.71. The molecule has 1 aromatic carbocycles. The molecule has 1 aliphatic carbocycles. The Balaban J connectivity index is 1.94. The molecule has 4 rings (SSSR count). The molecule has 1 N–H and O–H groups in total. The maximum Gasteiger partial charge on any atom is 0.166 e. The highest BCUT2D eigenvalue weighted by Gasteiger charge is 2.54. The molecule has 124 valence electrons. The van der Waals surface area contributed by atoms with Gasteiger partial charge in [0.25, 0.3) is 0 Å². The van der Waals surface area contributed by atoms with Gasteiger partial charge in [0.15, 0.2) is 17.5 Å². The van der Waals surface area contributed by atoms with Gasteiger partial charge in [0, 0.05) is 24.0 Å². The molecule has 0 amide bonds. The van der Waals surface area contributed by atoms with Crippen molar-refractivity contribution < 1.29 is 19.1 Å². The molecule has 1 spiro atoms. The lowest BCUT2D eigenvalue weighted by Crippen LogP contribution is -2.46. The summed E-state index contributed by atoms with van der Waals surface area (Å²) in [6.45, 7) is 1.88. The first kappa shape index (κ1) is 15.3. The van der Waals surface area contributed by atoms with Crippen LogP contribution in [0, 0.1) is 0 Å². The van der Waals surface area contributed by atoms with Gasteiger partial charge < -0.3 is 19.1 Å². The topological polar surface area (TPSA) is 38.7 Å². The molecule has 0 fully saturated rings. The van der Waals surface area contributed by atoms with Crippen molar-refractivity contribution in [2.24, 2.45) is 0 Å². The zero-order chi connectivity index (χ0) is 16.2. The normalized spacial score (nSPS) is 37.6. The SMILES string of the molecule is COc1ccc2c3c1O[C@H]1C[C@@H](O)C=C[C@@]31CC[N+](C)(CCl)C2. The first-order chi connectivity index (χ1) is 11.0. The van der Waals surface area contributed by atoms with Crippen LogP contribution in [-0.2, 0) is 12.0 Å². The Bertz CT molecular complexity index is 676. The highest BCUT2D eigenvalue weighted by molar-refractivity contribution is 6.16. The lowest BCUT2D eigenvalue weighted by molar-refractivity contribution is -0.911. The summed E-state index contributed by atoms with van der Waals surface area (Å²) in [6.07, 6.45) is 5.22. The fourth-order valence-corrected chi connectivity index (χ4v) is 4.58. The van der Waals surface area contributed by atoms with Crippen LogP contribution in [0.2, 0.25) is 0 Å². The zero-order valence-electron chi connectivity index (χ0n) is 13.6. The van der Waals surface area contributed by atoms with Gasteiger partial charge in [-0.2, -0.15) is 0 Å². The molecule has 2 aliphatic heterocycles. The number of rotatable bonds is 2. The number of alkyl halides is 1. The van der Waals surface area contributed by atoms with Gasteiger partial charge in [-0.3, -0.25) is 0 Å². The first-order valence-electron chi connectivity index (χ1n) is 8.15. The van der Waals surface area contributed by atoms with Crippen molar-refractivity contribution in [3.05, 3.63) is 35.4 Å². The number of nitrogens with zero attached hydrogens (tertiary/aromatic N) is 1. The van der Waals surface area contributed by atoms with E-state index in [0.717, 1.165) is 35.5 Å². The van der Waals surface area contributed by atoms with Gasteiger partial charge in [-0.15, -0.1) is 0 Å². The highest BCUT2D eigenvalue weighted by atomic mass is 35.5. The van der Waals surface area contributed by atoms with E-state index < -0.39 is 6.10 Å². The van der Waals surface area contributed by atoms with Crippen LogP contribution in [0.15, 0.2) is 24.3 Å². The van der Waals surface area contributed by atoms with Gasteiger partial charge in [0.05, 0.1) is 32.2 Å². The monoisotopic (exact) mass is 336 g/mol. The minimum absolute atomic E-state index is 0.0329. The smallest absolute Gasteiger partial charge is 0.166 e. The Kier molecular flexibility index (Phi) is 3.42. The fraction of sp³-hybridized carbons (Fsp3) is 0.556. The molecule has 5 heteroatoms. The van der Waals surface area contributed by atoms with E-state index in [-0.39, 0.29) is 11.5 Å². The maximum absolute atomic E-state index is 10.1. The second-order valence-corrected chi connectivity index (χ2v) is 7.55. The van der Waals surface area contributed by atoms with Crippen molar-refractivity contribution in [1.29, 1.82) is 0 Å². The molecule has 4 nitrogen and oxygen atoms in total. The number of benzene rings is 1. The van der Waals surface area contributed by atoms with Gasteiger partial charge >= 0.3 is 0 Å². The second kappa shape index (κ2) is 5.13. The Morgan fingerprint density at radius 2 is 2.30 bits per heavy atom. The minimum Gasteiger partial charge on any atom is -0.493 e. The summed E-state index contributed by atoms with van der Waals surface area (Å²) in [4.78, 5) is 0. The van der Waals surface area contributed by atoms with E-state index in [9.17, 15) is 5.11 Å². The number of aliphatic hydroxyl groups is 1. The molecular weight excluding hydrogens is 314 g/mol.